The third-order valence-corrected chi connectivity index (χ3v) is 1.80. The maximum Gasteiger partial charge on any atom is 0.306 e. The van der Waals surface area contributed by atoms with Crippen LogP contribution in [0.4, 0.5) is 10.1 Å². The molecule has 0 aromatic heterocycles. The van der Waals surface area contributed by atoms with Gasteiger partial charge in [0.25, 0.3) is 0 Å². The summed E-state index contributed by atoms with van der Waals surface area (Å²) in [6, 6.07) is 2.24. The Hall–Kier alpha value is -1.36. The van der Waals surface area contributed by atoms with Crippen molar-refractivity contribution in [1.82, 2.24) is 0 Å². The fraction of sp³-hybridized carbons (Fsp3) is 0.143. The van der Waals surface area contributed by atoms with Crippen LogP contribution in [0.3, 0.4) is 0 Å². The molecule has 0 heterocycles. The number of hydrogen-bond donors (Lipinski definition) is 0. The number of benzene rings is 1. The number of halogens is 2. The van der Waals surface area contributed by atoms with Crippen LogP contribution in [0.2, 0.25) is 5.02 Å². The number of nitro benzene ring substituents is 1. The smallest absolute Gasteiger partial charge is 0.306 e. The van der Waals surface area contributed by atoms with Gasteiger partial charge in [0, 0.05) is 6.07 Å². The zero-order chi connectivity index (χ0) is 10.0. The first-order chi connectivity index (χ1) is 6.07. The highest BCUT2D eigenvalue weighted by atomic mass is 35.5. The number of methoxy groups -OCH3 is 1. The molecule has 70 valence electrons. The largest absolute Gasteiger partial charge is 0.495 e. The van der Waals surface area contributed by atoms with Gasteiger partial charge in [-0.3, -0.25) is 10.1 Å². The summed E-state index contributed by atoms with van der Waals surface area (Å²) in [7, 11) is 1.30. The Balaban J connectivity index is 3.31. The highest BCUT2D eigenvalue weighted by Crippen LogP contribution is 2.32. The second kappa shape index (κ2) is 3.57. The summed E-state index contributed by atoms with van der Waals surface area (Å²) < 4.78 is 17.7. The van der Waals surface area contributed by atoms with Gasteiger partial charge in [-0.2, -0.15) is 4.39 Å². The van der Waals surface area contributed by atoms with E-state index in [-0.39, 0.29) is 10.8 Å². The molecule has 0 saturated carbocycles. The molecule has 0 radical (unpaired) electrons. The zero-order valence-corrected chi connectivity index (χ0v) is 7.34. The molecule has 0 saturated heterocycles. The van der Waals surface area contributed by atoms with E-state index in [0.717, 1.165) is 6.07 Å². The van der Waals surface area contributed by atoms with Gasteiger partial charge in [-0.15, -0.1) is 0 Å². The minimum Gasteiger partial charge on any atom is -0.495 e. The summed E-state index contributed by atoms with van der Waals surface area (Å²) in [5.41, 5.74) is -0.661. The molecule has 1 aromatic carbocycles. The predicted octanol–water partition coefficient (Wildman–Crippen LogP) is 2.40. The van der Waals surface area contributed by atoms with Gasteiger partial charge >= 0.3 is 5.69 Å². The van der Waals surface area contributed by atoms with Crippen LogP contribution in [0.1, 0.15) is 0 Å². The number of nitrogens with zero attached hydrogens (tertiary/aromatic N) is 1. The second-order valence-electron chi connectivity index (χ2n) is 2.17. The highest BCUT2D eigenvalue weighted by molar-refractivity contribution is 6.32. The Morgan fingerprint density at radius 1 is 1.62 bits per heavy atom. The monoisotopic (exact) mass is 205 g/mol. The molecular weight excluding hydrogens is 201 g/mol. The van der Waals surface area contributed by atoms with E-state index in [9.17, 15) is 14.5 Å². The quantitative estimate of drug-likeness (QED) is 0.550. The third-order valence-electron chi connectivity index (χ3n) is 1.44. The molecular formula is C7H5ClFNO3. The van der Waals surface area contributed by atoms with Crippen molar-refractivity contribution in [1.29, 1.82) is 0 Å². The molecule has 0 fully saturated rings. The molecule has 1 aromatic rings. The van der Waals surface area contributed by atoms with Crippen molar-refractivity contribution < 1.29 is 14.1 Å². The molecule has 13 heavy (non-hydrogen) atoms. The van der Waals surface area contributed by atoms with Crippen molar-refractivity contribution in [2.24, 2.45) is 0 Å². The van der Waals surface area contributed by atoms with Crippen LogP contribution < -0.4 is 4.74 Å². The lowest BCUT2D eigenvalue weighted by Gasteiger charge is -2.02. The summed E-state index contributed by atoms with van der Waals surface area (Å²) in [4.78, 5) is 9.39. The molecule has 0 aliphatic rings. The van der Waals surface area contributed by atoms with Crippen molar-refractivity contribution in [3.63, 3.8) is 0 Å². The molecule has 0 N–H and O–H groups in total. The van der Waals surface area contributed by atoms with Crippen LogP contribution in [0.5, 0.6) is 5.75 Å². The molecule has 0 aliphatic heterocycles. The van der Waals surface area contributed by atoms with Gasteiger partial charge in [0.2, 0.25) is 5.82 Å². The Morgan fingerprint density at radius 2 is 2.23 bits per heavy atom. The molecule has 6 heteroatoms. The standard InChI is InChI=1S/C7H5ClFNO3/c1-13-5-3-2-4(10(11)12)7(9)6(5)8/h2-3H,1H3. The molecule has 0 spiro atoms. The normalized spacial score (nSPS) is 9.77. The average Bonchev–Trinajstić information content (AvgIpc) is 2.09. The summed E-state index contributed by atoms with van der Waals surface area (Å²) in [5.74, 6) is -1.00. The van der Waals surface area contributed by atoms with Crippen molar-refractivity contribution in [2.75, 3.05) is 7.11 Å². The lowest BCUT2D eigenvalue weighted by molar-refractivity contribution is -0.387. The van der Waals surface area contributed by atoms with E-state index in [0.29, 0.717) is 0 Å². The van der Waals surface area contributed by atoms with Crippen LogP contribution in [0.15, 0.2) is 12.1 Å². The van der Waals surface area contributed by atoms with Gasteiger partial charge in [0.15, 0.2) is 0 Å². The van der Waals surface area contributed by atoms with Gasteiger partial charge < -0.3 is 4.74 Å². The van der Waals surface area contributed by atoms with Crippen LogP contribution in [0.25, 0.3) is 0 Å². The van der Waals surface area contributed by atoms with E-state index in [4.69, 9.17) is 11.6 Å². The molecule has 0 atom stereocenters. The van der Waals surface area contributed by atoms with Crippen LogP contribution in [-0.4, -0.2) is 12.0 Å². The number of rotatable bonds is 2. The summed E-state index contributed by atoms with van der Waals surface area (Å²) in [5, 5.41) is 9.86. The van der Waals surface area contributed by atoms with Crippen molar-refractivity contribution in [3.8, 4) is 5.75 Å². The topological polar surface area (TPSA) is 52.4 Å². The van der Waals surface area contributed by atoms with Crippen molar-refractivity contribution >= 4 is 17.3 Å². The van der Waals surface area contributed by atoms with E-state index in [1.165, 1.54) is 13.2 Å². The lowest BCUT2D eigenvalue weighted by atomic mass is 10.3. The number of hydrogen-bond acceptors (Lipinski definition) is 3. The van der Waals surface area contributed by atoms with Gasteiger partial charge in [-0.1, -0.05) is 11.6 Å². The first-order valence-corrected chi connectivity index (χ1v) is 3.62. The van der Waals surface area contributed by atoms with Crippen molar-refractivity contribution in [2.45, 2.75) is 0 Å². The van der Waals surface area contributed by atoms with E-state index in [1.807, 2.05) is 0 Å². The minimum atomic E-state index is -1.08. The van der Waals surface area contributed by atoms with E-state index < -0.39 is 16.4 Å². The van der Waals surface area contributed by atoms with E-state index >= 15 is 0 Å². The Kier molecular flexibility index (Phi) is 2.67. The maximum atomic E-state index is 13.0. The first-order valence-electron chi connectivity index (χ1n) is 3.24. The van der Waals surface area contributed by atoms with Crippen LogP contribution in [-0.2, 0) is 0 Å². The minimum absolute atomic E-state index is 0.0739. The highest BCUT2D eigenvalue weighted by Gasteiger charge is 2.19. The fourth-order valence-electron chi connectivity index (χ4n) is 0.820. The Morgan fingerprint density at radius 3 is 2.69 bits per heavy atom. The molecule has 0 aliphatic carbocycles. The van der Waals surface area contributed by atoms with Gasteiger partial charge in [-0.25, -0.2) is 0 Å². The average molecular weight is 206 g/mol. The van der Waals surface area contributed by atoms with Crippen LogP contribution in [0, 0.1) is 15.9 Å². The molecule has 0 amide bonds. The van der Waals surface area contributed by atoms with E-state index in [1.54, 1.807) is 0 Å². The third kappa shape index (κ3) is 1.70. The van der Waals surface area contributed by atoms with Gasteiger partial charge in [0.05, 0.1) is 12.0 Å². The van der Waals surface area contributed by atoms with Gasteiger partial charge in [-0.05, 0) is 6.07 Å². The predicted molar refractivity (Wildman–Crippen MR) is 44.6 cm³/mol. The Labute approximate surface area is 78.0 Å². The Bertz CT molecular complexity index is 356. The lowest BCUT2D eigenvalue weighted by Crippen LogP contribution is -1.95. The van der Waals surface area contributed by atoms with Crippen LogP contribution >= 0.6 is 11.6 Å². The number of nitro groups is 1. The molecule has 4 nitrogen and oxygen atoms in total. The summed E-state index contributed by atoms with van der Waals surface area (Å²) in [6.07, 6.45) is 0. The van der Waals surface area contributed by atoms with Gasteiger partial charge in [0.1, 0.15) is 10.8 Å². The SMILES string of the molecule is COc1ccc([N+](=O)[O-])c(F)c1Cl. The van der Waals surface area contributed by atoms with Crippen molar-refractivity contribution in [3.05, 3.63) is 33.1 Å². The summed E-state index contributed by atoms with van der Waals surface area (Å²) >= 11 is 5.44. The molecule has 0 unspecified atom stereocenters. The fourth-order valence-corrected chi connectivity index (χ4v) is 1.06. The number of ether oxygens (including phenoxy) is 1. The second-order valence-corrected chi connectivity index (χ2v) is 2.55. The zero-order valence-electron chi connectivity index (χ0n) is 6.58. The summed E-state index contributed by atoms with van der Waals surface area (Å²) in [6.45, 7) is 0. The molecule has 1 rings (SSSR count). The molecule has 0 bridgehead atoms. The maximum absolute atomic E-state index is 13.0. The first kappa shape index (κ1) is 9.73. The van der Waals surface area contributed by atoms with E-state index in [2.05, 4.69) is 4.74 Å².